The first-order valence-electron chi connectivity index (χ1n) is 5.68. The van der Waals surface area contributed by atoms with Crippen LogP contribution in [-0.2, 0) is 6.54 Å². The van der Waals surface area contributed by atoms with Gasteiger partial charge in [0, 0.05) is 25.0 Å². The summed E-state index contributed by atoms with van der Waals surface area (Å²) in [5, 5.41) is 8.17. The second kappa shape index (κ2) is 5.09. The van der Waals surface area contributed by atoms with Gasteiger partial charge in [-0.1, -0.05) is 19.1 Å². The molecule has 3 N–H and O–H groups in total. The minimum atomic E-state index is 0.708. The average molecular weight is 218 g/mol. The summed E-state index contributed by atoms with van der Waals surface area (Å²) in [6, 6.07) is 6.41. The molecule has 0 amide bonds. The van der Waals surface area contributed by atoms with E-state index in [2.05, 4.69) is 40.2 Å². The zero-order chi connectivity index (χ0) is 11.4. The molecule has 0 unspecified atom stereocenters. The van der Waals surface area contributed by atoms with E-state index < -0.39 is 0 Å². The van der Waals surface area contributed by atoms with Crippen molar-refractivity contribution in [1.82, 2.24) is 15.1 Å². The molecule has 0 atom stereocenters. The van der Waals surface area contributed by atoms with Crippen LogP contribution < -0.4 is 5.73 Å². The number of nitrogens with one attached hydrogen (secondary N) is 1. The Kier molecular flexibility index (Phi) is 3.54. The summed E-state index contributed by atoms with van der Waals surface area (Å²) in [4.78, 5) is 2.33. The molecule has 0 saturated carbocycles. The number of aromatic amines is 1. The minimum absolute atomic E-state index is 0.708. The van der Waals surface area contributed by atoms with Gasteiger partial charge in [0.2, 0.25) is 0 Å². The second-order valence-corrected chi connectivity index (χ2v) is 3.95. The van der Waals surface area contributed by atoms with Gasteiger partial charge in [0.05, 0.1) is 11.7 Å². The molecule has 1 heterocycles. The molecule has 0 fully saturated rings. The van der Waals surface area contributed by atoms with Crippen LogP contribution in [0.25, 0.3) is 10.9 Å². The van der Waals surface area contributed by atoms with E-state index in [9.17, 15) is 0 Å². The fourth-order valence-electron chi connectivity index (χ4n) is 1.87. The summed E-state index contributed by atoms with van der Waals surface area (Å²) < 4.78 is 0. The number of H-pyrrole nitrogens is 1. The molecule has 4 heteroatoms. The Morgan fingerprint density at radius 2 is 2.31 bits per heavy atom. The van der Waals surface area contributed by atoms with Crippen molar-refractivity contribution in [3.05, 3.63) is 30.0 Å². The molecule has 1 aromatic heterocycles. The molecule has 0 aliphatic rings. The van der Waals surface area contributed by atoms with Crippen LogP contribution in [0, 0.1) is 0 Å². The van der Waals surface area contributed by atoms with E-state index in [-0.39, 0.29) is 0 Å². The standard InChI is InChI=1S/C12H18N4/c1-2-16(6-5-13)9-10-3-4-11-8-14-15-12(11)7-10/h3-4,7-8H,2,5-6,9,13H2,1H3,(H,14,15). The molecule has 0 spiro atoms. The van der Waals surface area contributed by atoms with E-state index >= 15 is 0 Å². The molecule has 86 valence electrons. The molecule has 0 aliphatic carbocycles. The quantitative estimate of drug-likeness (QED) is 0.796. The normalized spacial score (nSPS) is 11.4. The zero-order valence-corrected chi connectivity index (χ0v) is 9.61. The van der Waals surface area contributed by atoms with Crippen LogP contribution in [0.2, 0.25) is 0 Å². The van der Waals surface area contributed by atoms with E-state index in [0.29, 0.717) is 6.54 Å². The molecule has 1 aromatic carbocycles. The lowest BCUT2D eigenvalue weighted by molar-refractivity contribution is 0.288. The largest absolute Gasteiger partial charge is 0.329 e. The van der Waals surface area contributed by atoms with E-state index in [1.165, 1.54) is 5.56 Å². The highest BCUT2D eigenvalue weighted by molar-refractivity contribution is 5.78. The van der Waals surface area contributed by atoms with Crippen molar-refractivity contribution in [1.29, 1.82) is 0 Å². The lowest BCUT2D eigenvalue weighted by Gasteiger charge is -2.19. The van der Waals surface area contributed by atoms with Crippen molar-refractivity contribution in [2.24, 2.45) is 5.73 Å². The van der Waals surface area contributed by atoms with Crippen molar-refractivity contribution < 1.29 is 0 Å². The molecule has 4 nitrogen and oxygen atoms in total. The molecule has 0 aliphatic heterocycles. The third-order valence-electron chi connectivity index (χ3n) is 2.81. The van der Waals surface area contributed by atoms with Gasteiger partial charge in [0.25, 0.3) is 0 Å². The van der Waals surface area contributed by atoms with Crippen LogP contribution >= 0.6 is 0 Å². The SMILES string of the molecule is CCN(CCN)Cc1ccc2cn[nH]c2c1. The maximum Gasteiger partial charge on any atom is 0.0653 e. The number of hydrogen-bond donors (Lipinski definition) is 2. The second-order valence-electron chi connectivity index (χ2n) is 3.95. The first kappa shape index (κ1) is 11.1. The van der Waals surface area contributed by atoms with Gasteiger partial charge in [0.15, 0.2) is 0 Å². The number of hydrogen-bond acceptors (Lipinski definition) is 3. The van der Waals surface area contributed by atoms with Crippen molar-refractivity contribution >= 4 is 10.9 Å². The molecule has 0 saturated heterocycles. The van der Waals surface area contributed by atoms with E-state index in [0.717, 1.165) is 30.5 Å². The molecule has 0 radical (unpaired) electrons. The third-order valence-corrected chi connectivity index (χ3v) is 2.81. The Morgan fingerprint density at radius 1 is 1.44 bits per heavy atom. The number of nitrogens with zero attached hydrogens (tertiary/aromatic N) is 2. The average Bonchev–Trinajstić information content (AvgIpc) is 2.75. The summed E-state index contributed by atoms with van der Waals surface area (Å²) >= 11 is 0. The predicted octanol–water partition coefficient (Wildman–Crippen LogP) is 1.34. The van der Waals surface area contributed by atoms with Crippen molar-refractivity contribution in [2.75, 3.05) is 19.6 Å². The van der Waals surface area contributed by atoms with Crippen molar-refractivity contribution in [3.8, 4) is 0 Å². The molecular formula is C12H18N4. The molecule has 2 aromatic rings. The van der Waals surface area contributed by atoms with Gasteiger partial charge in [0.1, 0.15) is 0 Å². The summed E-state index contributed by atoms with van der Waals surface area (Å²) in [6.07, 6.45) is 1.84. The van der Waals surface area contributed by atoms with Gasteiger partial charge in [-0.2, -0.15) is 5.10 Å². The number of aromatic nitrogens is 2. The van der Waals surface area contributed by atoms with Crippen LogP contribution in [0.5, 0.6) is 0 Å². The Bertz CT molecular complexity index is 449. The molecular weight excluding hydrogens is 200 g/mol. The van der Waals surface area contributed by atoms with Crippen molar-refractivity contribution in [2.45, 2.75) is 13.5 Å². The fourth-order valence-corrected chi connectivity index (χ4v) is 1.87. The highest BCUT2D eigenvalue weighted by Gasteiger charge is 2.03. The topological polar surface area (TPSA) is 57.9 Å². The first-order chi connectivity index (χ1) is 7.83. The van der Waals surface area contributed by atoms with Gasteiger partial charge in [-0.15, -0.1) is 0 Å². The van der Waals surface area contributed by atoms with Gasteiger partial charge in [-0.3, -0.25) is 10.00 Å². The highest BCUT2D eigenvalue weighted by atomic mass is 15.1. The van der Waals surface area contributed by atoms with Crippen molar-refractivity contribution in [3.63, 3.8) is 0 Å². The Balaban J connectivity index is 2.13. The monoisotopic (exact) mass is 218 g/mol. The summed E-state index contributed by atoms with van der Waals surface area (Å²) in [5.41, 5.74) is 7.97. The third kappa shape index (κ3) is 2.40. The van der Waals surface area contributed by atoms with E-state index in [4.69, 9.17) is 5.73 Å². The van der Waals surface area contributed by atoms with Crippen LogP contribution in [0.15, 0.2) is 24.4 Å². The van der Waals surface area contributed by atoms with Crippen LogP contribution in [0.3, 0.4) is 0 Å². The van der Waals surface area contributed by atoms with Crippen LogP contribution in [0.4, 0.5) is 0 Å². The number of nitrogens with two attached hydrogens (primary N) is 1. The van der Waals surface area contributed by atoms with Crippen LogP contribution in [-0.4, -0.2) is 34.7 Å². The van der Waals surface area contributed by atoms with E-state index in [1.54, 1.807) is 0 Å². The van der Waals surface area contributed by atoms with Gasteiger partial charge >= 0.3 is 0 Å². The van der Waals surface area contributed by atoms with Gasteiger partial charge in [-0.05, 0) is 18.2 Å². The minimum Gasteiger partial charge on any atom is -0.329 e. The maximum atomic E-state index is 5.57. The van der Waals surface area contributed by atoms with E-state index in [1.807, 2.05) is 6.20 Å². The zero-order valence-electron chi connectivity index (χ0n) is 9.61. The highest BCUT2D eigenvalue weighted by Crippen LogP contribution is 2.14. The number of likely N-dealkylation sites (N-methyl/N-ethyl adjacent to an activating group) is 1. The number of fused-ring (bicyclic) bond motifs is 1. The molecule has 0 bridgehead atoms. The molecule has 16 heavy (non-hydrogen) atoms. The lowest BCUT2D eigenvalue weighted by Crippen LogP contribution is -2.28. The number of rotatable bonds is 5. The van der Waals surface area contributed by atoms with Gasteiger partial charge < -0.3 is 5.73 Å². The maximum absolute atomic E-state index is 5.57. The summed E-state index contributed by atoms with van der Waals surface area (Å²) in [6.45, 7) is 5.78. The Hall–Kier alpha value is -1.39. The van der Waals surface area contributed by atoms with Crippen LogP contribution in [0.1, 0.15) is 12.5 Å². The summed E-state index contributed by atoms with van der Waals surface area (Å²) in [5.74, 6) is 0. The lowest BCUT2D eigenvalue weighted by atomic mass is 10.1. The van der Waals surface area contributed by atoms with Gasteiger partial charge in [-0.25, -0.2) is 0 Å². The Labute approximate surface area is 95.4 Å². The first-order valence-corrected chi connectivity index (χ1v) is 5.68. The predicted molar refractivity (Wildman–Crippen MR) is 66.1 cm³/mol. The smallest absolute Gasteiger partial charge is 0.0653 e. The fraction of sp³-hybridized carbons (Fsp3) is 0.417. The summed E-state index contributed by atoms with van der Waals surface area (Å²) in [7, 11) is 0. The number of benzene rings is 1. The Morgan fingerprint density at radius 3 is 3.06 bits per heavy atom. The molecule has 2 rings (SSSR count).